The quantitative estimate of drug-likeness (QED) is 0.341. The van der Waals surface area contributed by atoms with Gasteiger partial charge < -0.3 is 11.1 Å². The van der Waals surface area contributed by atoms with Crippen molar-refractivity contribution in [1.82, 2.24) is 5.32 Å². The number of rotatable bonds is 7. The fourth-order valence-corrected chi connectivity index (χ4v) is 3.11. The van der Waals surface area contributed by atoms with Gasteiger partial charge in [0.05, 0.1) is 0 Å². The number of nitrogens with two attached hydrogens (primary N) is 1. The van der Waals surface area contributed by atoms with Gasteiger partial charge in [-0.25, -0.2) is 0 Å². The van der Waals surface area contributed by atoms with E-state index in [-0.39, 0.29) is 0 Å². The van der Waals surface area contributed by atoms with Crippen molar-refractivity contribution in [2.45, 2.75) is 12.5 Å². The van der Waals surface area contributed by atoms with Crippen molar-refractivity contribution in [2.75, 3.05) is 13.1 Å². The molecule has 18 heavy (non-hydrogen) atoms. The second-order valence-corrected chi connectivity index (χ2v) is 5.91. The van der Waals surface area contributed by atoms with E-state index in [1.165, 1.54) is 11.3 Å². The highest BCUT2D eigenvalue weighted by molar-refractivity contribution is 9.10. The topological polar surface area (TPSA) is 104 Å². The Labute approximate surface area is 121 Å². The number of hydrogen-bond donors (Lipinski definition) is 2. The highest BCUT2D eigenvalue weighted by Crippen LogP contribution is 2.35. The van der Waals surface area contributed by atoms with Crippen LogP contribution in [0.4, 0.5) is 0 Å². The molecule has 0 aliphatic rings. The summed E-state index contributed by atoms with van der Waals surface area (Å²) in [6.07, 6.45) is 0.633. The number of thiophene rings is 1. The normalized spacial score (nSPS) is 11.9. The van der Waals surface area contributed by atoms with Crippen LogP contribution in [0.1, 0.15) is 17.3 Å². The van der Waals surface area contributed by atoms with Crippen LogP contribution < -0.4 is 11.1 Å². The zero-order valence-corrected chi connectivity index (χ0v) is 12.4. The molecule has 98 valence electrons. The molecule has 3 N–H and O–H groups in total. The van der Waals surface area contributed by atoms with Crippen LogP contribution in [0.5, 0.6) is 0 Å². The van der Waals surface area contributed by atoms with Crippen molar-refractivity contribution < 1.29 is 4.79 Å². The van der Waals surface area contributed by atoms with E-state index in [1.54, 1.807) is 6.07 Å². The van der Waals surface area contributed by atoms with Gasteiger partial charge in [0.25, 0.3) is 0 Å². The van der Waals surface area contributed by atoms with Crippen molar-refractivity contribution in [3.05, 3.63) is 30.2 Å². The maximum Gasteiger partial charge on any atom is 0.239 e. The lowest BCUT2D eigenvalue weighted by Gasteiger charge is -2.13. The van der Waals surface area contributed by atoms with Crippen LogP contribution in [0.2, 0.25) is 4.34 Å². The fraction of sp³-hybridized carbons (Fsp3) is 0.444. The van der Waals surface area contributed by atoms with E-state index >= 15 is 0 Å². The number of azide groups is 1. The minimum Gasteiger partial charge on any atom is -0.368 e. The van der Waals surface area contributed by atoms with Crippen molar-refractivity contribution in [2.24, 2.45) is 10.8 Å². The molecule has 0 fully saturated rings. The summed E-state index contributed by atoms with van der Waals surface area (Å²) in [7, 11) is 0. The predicted octanol–water partition coefficient (Wildman–Crippen LogP) is 2.98. The van der Waals surface area contributed by atoms with E-state index in [0.717, 1.165) is 9.35 Å². The zero-order valence-electron chi connectivity index (χ0n) is 9.27. The van der Waals surface area contributed by atoms with E-state index in [0.29, 0.717) is 23.8 Å². The molecule has 1 aromatic heterocycles. The Hall–Kier alpha value is -0.790. The smallest absolute Gasteiger partial charge is 0.239 e. The third-order valence-corrected chi connectivity index (χ3v) is 4.62. The van der Waals surface area contributed by atoms with Crippen LogP contribution in [0.3, 0.4) is 0 Å². The van der Waals surface area contributed by atoms with Gasteiger partial charge in [-0.2, -0.15) is 0 Å². The van der Waals surface area contributed by atoms with Gasteiger partial charge >= 0.3 is 0 Å². The van der Waals surface area contributed by atoms with E-state index in [2.05, 4.69) is 31.3 Å². The first-order valence-electron chi connectivity index (χ1n) is 5.04. The van der Waals surface area contributed by atoms with Crippen LogP contribution in [0.15, 0.2) is 15.7 Å². The van der Waals surface area contributed by atoms with Gasteiger partial charge in [0, 0.05) is 20.8 Å². The molecule has 0 aliphatic carbocycles. The molecule has 1 amide bonds. The van der Waals surface area contributed by atoms with Gasteiger partial charge in [-0.05, 0) is 40.5 Å². The summed E-state index contributed by atoms with van der Waals surface area (Å²) in [5.41, 5.74) is 13.5. The van der Waals surface area contributed by atoms with Crippen LogP contribution in [0, 0.1) is 0 Å². The standard InChI is InChI=1S/C9H11BrClN5OS/c10-5-4-6(18-8(5)11)7(9(12)17)14-2-1-3-15-16-13/h4,7,14H,1-3H2,(H2,12,17). The largest absolute Gasteiger partial charge is 0.368 e. The molecule has 0 aromatic carbocycles. The molecule has 0 spiro atoms. The molecule has 0 bridgehead atoms. The van der Waals surface area contributed by atoms with Gasteiger partial charge in [-0.3, -0.25) is 4.79 Å². The number of nitrogens with one attached hydrogen (secondary N) is 1. The highest BCUT2D eigenvalue weighted by Gasteiger charge is 2.20. The highest BCUT2D eigenvalue weighted by atomic mass is 79.9. The molecule has 9 heteroatoms. The van der Waals surface area contributed by atoms with Crippen molar-refractivity contribution >= 4 is 44.8 Å². The number of nitrogens with zero attached hydrogens (tertiary/aromatic N) is 3. The predicted molar refractivity (Wildman–Crippen MR) is 75.6 cm³/mol. The lowest BCUT2D eigenvalue weighted by Crippen LogP contribution is -2.33. The van der Waals surface area contributed by atoms with Gasteiger partial charge in [0.15, 0.2) is 0 Å². The number of carbonyl (C=O) groups excluding carboxylic acids is 1. The third kappa shape index (κ3) is 4.47. The van der Waals surface area contributed by atoms with Gasteiger partial charge in [-0.1, -0.05) is 16.7 Å². The minimum atomic E-state index is -0.579. The third-order valence-electron chi connectivity index (χ3n) is 2.08. The lowest BCUT2D eigenvalue weighted by molar-refractivity contribution is -0.120. The number of amides is 1. The van der Waals surface area contributed by atoms with Crippen LogP contribution in [-0.2, 0) is 4.79 Å². The molecule has 1 aromatic rings. The zero-order chi connectivity index (χ0) is 13.5. The van der Waals surface area contributed by atoms with Gasteiger partial charge in [0.2, 0.25) is 5.91 Å². The van der Waals surface area contributed by atoms with Gasteiger partial charge in [0.1, 0.15) is 10.4 Å². The maximum absolute atomic E-state index is 11.4. The Morgan fingerprint density at radius 2 is 2.50 bits per heavy atom. The SMILES string of the molecule is [N-]=[N+]=NCCCNC(C(N)=O)c1cc(Br)c(Cl)s1. The lowest BCUT2D eigenvalue weighted by atomic mass is 10.2. The van der Waals surface area contributed by atoms with Crippen LogP contribution >= 0.6 is 38.9 Å². The molecule has 0 saturated carbocycles. The molecule has 1 rings (SSSR count). The Bertz CT molecular complexity index is 454. The average molecular weight is 353 g/mol. The maximum atomic E-state index is 11.4. The van der Waals surface area contributed by atoms with Crippen LogP contribution in [0.25, 0.3) is 10.4 Å². The van der Waals surface area contributed by atoms with Gasteiger partial charge in [-0.15, -0.1) is 11.3 Å². The summed E-state index contributed by atoms with van der Waals surface area (Å²) in [5, 5.41) is 6.41. The number of primary amides is 1. The minimum absolute atomic E-state index is 0.379. The van der Waals surface area contributed by atoms with E-state index < -0.39 is 11.9 Å². The first-order chi connectivity index (χ1) is 8.56. The molecule has 0 radical (unpaired) electrons. The molecule has 0 aliphatic heterocycles. The summed E-state index contributed by atoms with van der Waals surface area (Å²) in [5.74, 6) is -0.468. The second-order valence-electron chi connectivity index (χ2n) is 3.37. The molecular formula is C9H11BrClN5OS. The summed E-state index contributed by atoms with van der Waals surface area (Å²) in [6.45, 7) is 0.906. The first kappa shape index (κ1) is 15.3. The Kier molecular flexibility index (Phi) is 6.45. The van der Waals surface area contributed by atoms with Crippen molar-refractivity contribution in [1.29, 1.82) is 0 Å². The molecule has 1 unspecified atom stereocenters. The number of halogens is 2. The Morgan fingerprint density at radius 3 is 3.00 bits per heavy atom. The number of hydrogen-bond acceptors (Lipinski definition) is 4. The summed E-state index contributed by atoms with van der Waals surface area (Å²) in [4.78, 5) is 14.8. The Morgan fingerprint density at radius 1 is 1.78 bits per heavy atom. The monoisotopic (exact) mass is 351 g/mol. The molecule has 1 heterocycles. The summed E-state index contributed by atoms with van der Waals surface area (Å²) < 4.78 is 1.32. The average Bonchev–Trinajstić information content (AvgIpc) is 2.63. The van der Waals surface area contributed by atoms with Crippen molar-refractivity contribution in [3.63, 3.8) is 0 Å². The van der Waals surface area contributed by atoms with Crippen molar-refractivity contribution in [3.8, 4) is 0 Å². The second kappa shape index (κ2) is 7.60. The fourth-order valence-electron chi connectivity index (χ4n) is 1.29. The van der Waals surface area contributed by atoms with Crippen LogP contribution in [-0.4, -0.2) is 19.0 Å². The molecule has 0 saturated heterocycles. The van der Waals surface area contributed by atoms with E-state index in [1.807, 2.05) is 0 Å². The van der Waals surface area contributed by atoms with E-state index in [4.69, 9.17) is 22.9 Å². The molecule has 1 atom stereocenters. The Balaban J connectivity index is 2.60. The summed E-state index contributed by atoms with van der Waals surface area (Å²) in [6, 6.07) is 1.19. The first-order valence-corrected chi connectivity index (χ1v) is 7.03. The molecular weight excluding hydrogens is 342 g/mol. The number of carbonyl (C=O) groups is 1. The summed E-state index contributed by atoms with van der Waals surface area (Å²) >= 11 is 10.5. The van der Waals surface area contributed by atoms with E-state index in [9.17, 15) is 4.79 Å². The molecule has 6 nitrogen and oxygen atoms in total.